The molecule has 4 rings (SSSR count). The van der Waals surface area contributed by atoms with Gasteiger partial charge in [0.05, 0.1) is 22.4 Å². The second-order valence-electron chi connectivity index (χ2n) is 6.65. The predicted molar refractivity (Wildman–Crippen MR) is 103 cm³/mol. The fourth-order valence-corrected chi connectivity index (χ4v) is 5.55. The lowest BCUT2D eigenvalue weighted by Gasteiger charge is -2.13. The van der Waals surface area contributed by atoms with Gasteiger partial charge in [0.2, 0.25) is 5.91 Å². The monoisotopic (exact) mass is 412 g/mol. The van der Waals surface area contributed by atoms with E-state index in [0.29, 0.717) is 21.4 Å². The maximum atomic E-state index is 13.2. The summed E-state index contributed by atoms with van der Waals surface area (Å²) in [5, 5.41) is 6.29. The average Bonchev–Trinajstić information content (AvgIpc) is 3.04. The Kier molecular flexibility index (Phi) is 5.03. The van der Waals surface area contributed by atoms with Crippen molar-refractivity contribution >= 4 is 51.1 Å². The molecule has 2 aromatic rings. The zero-order valence-corrected chi connectivity index (χ0v) is 16.3. The molecule has 2 heterocycles. The van der Waals surface area contributed by atoms with E-state index in [1.807, 2.05) is 6.07 Å². The molecule has 2 atom stereocenters. The van der Waals surface area contributed by atoms with Gasteiger partial charge in [-0.1, -0.05) is 11.6 Å². The number of aryl methyl sites for hydroxylation is 1. The van der Waals surface area contributed by atoms with E-state index in [0.717, 1.165) is 41.0 Å². The van der Waals surface area contributed by atoms with Gasteiger partial charge in [-0.05, 0) is 49.8 Å². The zero-order chi connectivity index (χ0) is 18.3. The second-order valence-corrected chi connectivity index (χ2v) is 9.56. The van der Waals surface area contributed by atoms with Crippen LogP contribution < -0.4 is 10.6 Å². The number of carbonyl (C=O) groups excluding carboxylic acids is 2. The first-order valence-electron chi connectivity index (χ1n) is 8.65. The van der Waals surface area contributed by atoms with Gasteiger partial charge in [-0.3, -0.25) is 9.59 Å². The van der Waals surface area contributed by atoms with Crippen LogP contribution in [0, 0.1) is 5.92 Å². The van der Waals surface area contributed by atoms with Gasteiger partial charge in [0, 0.05) is 9.75 Å². The number of alkyl halides is 1. The summed E-state index contributed by atoms with van der Waals surface area (Å²) in [6.07, 6.45) is 3.11. The van der Waals surface area contributed by atoms with Crippen molar-refractivity contribution in [3.63, 3.8) is 0 Å². The molecule has 2 N–H and O–H groups in total. The molecule has 1 saturated carbocycles. The van der Waals surface area contributed by atoms with Gasteiger partial charge in [0.25, 0.3) is 5.91 Å². The molecule has 0 spiro atoms. The number of anilines is 1. The quantitative estimate of drug-likeness (QED) is 0.755. The number of rotatable bonds is 5. The summed E-state index contributed by atoms with van der Waals surface area (Å²) in [5.41, 5.74) is 1.59. The van der Waals surface area contributed by atoms with Crippen LogP contribution >= 0.6 is 34.3 Å². The third-order valence-corrected chi connectivity index (χ3v) is 7.17. The van der Waals surface area contributed by atoms with Gasteiger partial charge in [-0.15, -0.1) is 22.7 Å². The topological polar surface area (TPSA) is 58.2 Å². The highest BCUT2D eigenvalue weighted by Crippen LogP contribution is 2.40. The number of carbonyl (C=O) groups is 2. The molecule has 0 bridgehead atoms. The number of amides is 2. The molecule has 1 fully saturated rings. The summed E-state index contributed by atoms with van der Waals surface area (Å²) < 4.78 is 13.9. The summed E-state index contributed by atoms with van der Waals surface area (Å²) in [5.74, 6) is -1.09. The largest absolute Gasteiger partial charge is 0.347 e. The SMILES string of the molecule is O=C(NCc1ccc(Cl)s1)c1c(NC(=O)[C@@H]2C[C@@H]2F)sc2c1CCCC2. The third kappa shape index (κ3) is 3.66. The van der Waals surface area contributed by atoms with E-state index < -0.39 is 12.1 Å². The first-order valence-corrected chi connectivity index (χ1v) is 10.7. The molecular formula is C18H18ClFN2O2S2. The number of fused-ring (bicyclic) bond motifs is 1. The molecule has 0 saturated heterocycles. The Balaban J connectivity index is 1.55. The Morgan fingerprint density at radius 1 is 1.23 bits per heavy atom. The Morgan fingerprint density at radius 3 is 2.69 bits per heavy atom. The smallest absolute Gasteiger partial charge is 0.254 e. The van der Waals surface area contributed by atoms with Crippen LogP contribution in [0.3, 0.4) is 0 Å². The highest BCUT2D eigenvalue weighted by Gasteiger charge is 2.44. The molecule has 0 radical (unpaired) electrons. The molecule has 26 heavy (non-hydrogen) atoms. The number of hydrogen-bond acceptors (Lipinski definition) is 4. The number of hydrogen-bond donors (Lipinski definition) is 2. The van der Waals surface area contributed by atoms with Gasteiger partial charge in [-0.25, -0.2) is 4.39 Å². The van der Waals surface area contributed by atoms with E-state index in [9.17, 15) is 14.0 Å². The summed E-state index contributed by atoms with van der Waals surface area (Å²) in [6.45, 7) is 0.392. The standard InChI is InChI=1S/C18H18ClFN2O2S2/c19-14-6-5-9(25-14)8-21-17(24)15-10-3-1-2-4-13(10)26-18(15)22-16(23)11-7-12(11)20/h5-6,11-12H,1-4,7-8H2,(H,21,24)(H,22,23)/t11-,12+/m1/s1. The van der Waals surface area contributed by atoms with Crippen molar-refractivity contribution in [2.45, 2.75) is 44.8 Å². The lowest BCUT2D eigenvalue weighted by molar-refractivity contribution is -0.117. The maximum Gasteiger partial charge on any atom is 0.254 e. The normalized spacial score (nSPS) is 21.2. The fourth-order valence-electron chi connectivity index (χ4n) is 3.24. The number of halogens is 2. The lowest BCUT2D eigenvalue weighted by atomic mass is 9.95. The molecule has 4 nitrogen and oxygen atoms in total. The van der Waals surface area contributed by atoms with E-state index >= 15 is 0 Å². The average molecular weight is 413 g/mol. The van der Waals surface area contributed by atoms with Gasteiger partial charge in [0.1, 0.15) is 11.2 Å². The van der Waals surface area contributed by atoms with Crippen LogP contribution in [-0.4, -0.2) is 18.0 Å². The molecule has 138 valence electrons. The van der Waals surface area contributed by atoms with Crippen LogP contribution in [0.1, 0.15) is 44.9 Å². The minimum Gasteiger partial charge on any atom is -0.347 e. The Labute approximate surface area is 163 Å². The summed E-state index contributed by atoms with van der Waals surface area (Å²) >= 11 is 8.81. The van der Waals surface area contributed by atoms with Crippen molar-refractivity contribution in [2.24, 2.45) is 5.92 Å². The summed E-state index contributed by atoms with van der Waals surface area (Å²) in [6, 6.07) is 3.68. The van der Waals surface area contributed by atoms with Crippen molar-refractivity contribution in [3.8, 4) is 0 Å². The van der Waals surface area contributed by atoms with Crippen molar-refractivity contribution in [1.29, 1.82) is 0 Å². The molecule has 8 heteroatoms. The zero-order valence-electron chi connectivity index (χ0n) is 13.9. The van der Waals surface area contributed by atoms with E-state index in [1.165, 1.54) is 22.7 Å². The fraction of sp³-hybridized carbons (Fsp3) is 0.444. The third-order valence-electron chi connectivity index (χ3n) is 4.74. The van der Waals surface area contributed by atoms with Crippen LogP contribution in [-0.2, 0) is 24.2 Å². The van der Waals surface area contributed by atoms with Gasteiger partial charge < -0.3 is 10.6 Å². The molecule has 0 aromatic carbocycles. The van der Waals surface area contributed by atoms with Crippen molar-refractivity contribution in [3.05, 3.63) is 37.4 Å². The van der Waals surface area contributed by atoms with Crippen LogP contribution in [0.15, 0.2) is 12.1 Å². The maximum absolute atomic E-state index is 13.2. The van der Waals surface area contributed by atoms with E-state index in [1.54, 1.807) is 6.07 Å². The molecule has 0 unspecified atom stereocenters. The molecule has 2 aliphatic rings. The molecular weight excluding hydrogens is 395 g/mol. The highest BCUT2D eigenvalue weighted by atomic mass is 35.5. The summed E-state index contributed by atoms with van der Waals surface area (Å²) in [4.78, 5) is 27.1. The second kappa shape index (κ2) is 7.29. The number of nitrogens with one attached hydrogen (secondary N) is 2. The molecule has 2 aliphatic carbocycles. The van der Waals surface area contributed by atoms with Gasteiger partial charge >= 0.3 is 0 Å². The highest BCUT2D eigenvalue weighted by molar-refractivity contribution is 7.17. The Morgan fingerprint density at radius 2 is 2.00 bits per heavy atom. The molecule has 2 aromatic heterocycles. The Bertz CT molecular complexity index is 863. The van der Waals surface area contributed by atoms with Crippen LogP contribution in [0.25, 0.3) is 0 Å². The van der Waals surface area contributed by atoms with Crippen molar-refractivity contribution in [1.82, 2.24) is 5.32 Å². The summed E-state index contributed by atoms with van der Waals surface area (Å²) in [7, 11) is 0. The first-order chi connectivity index (χ1) is 12.5. The van der Waals surface area contributed by atoms with Crippen molar-refractivity contribution in [2.75, 3.05) is 5.32 Å². The van der Waals surface area contributed by atoms with Crippen LogP contribution in [0.2, 0.25) is 4.34 Å². The van der Waals surface area contributed by atoms with Crippen LogP contribution in [0.4, 0.5) is 9.39 Å². The van der Waals surface area contributed by atoms with Gasteiger partial charge in [0.15, 0.2) is 0 Å². The van der Waals surface area contributed by atoms with Crippen LogP contribution in [0.5, 0.6) is 0 Å². The van der Waals surface area contributed by atoms with E-state index in [2.05, 4.69) is 10.6 Å². The molecule has 0 aliphatic heterocycles. The predicted octanol–water partition coefficient (Wildman–Crippen LogP) is 4.57. The van der Waals surface area contributed by atoms with Crippen molar-refractivity contribution < 1.29 is 14.0 Å². The van der Waals surface area contributed by atoms with E-state index in [4.69, 9.17) is 11.6 Å². The molecule has 2 amide bonds. The first kappa shape index (κ1) is 17.9. The minimum atomic E-state index is -1.05. The lowest BCUT2D eigenvalue weighted by Crippen LogP contribution is -2.25. The van der Waals surface area contributed by atoms with Gasteiger partial charge in [-0.2, -0.15) is 0 Å². The number of thiophene rings is 2. The van der Waals surface area contributed by atoms with E-state index in [-0.39, 0.29) is 18.2 Å². The Hall–Kier alpha value is -1.44. The minimum absolute atomic E-state index is 0.197.